The number of aliphatic hydroxyl groups excluding tert-OH is 1. The zero-order chi connectivity index (χ0) is 9.14. The van der Waals surface area contributed by atoms with Crippen LogP contribution in [0.4, 0.5) is 8.78 Å². The van der Waals surface area contributed by atoms with E-state index in [0.29, 0.717) is 0 Å². The number of alkyl halides is 2. The predicted molar refractivity (Wildman–Crippen MR) is 38.0 cm³/mol. The van der Waals surface area contributed by atoms with Gasteiger partial charge in [-0.05, 0) is 0 Å². The van der Waals surface area contributed by atoms with Crippen LogP contribution in [0.2, 0.25) is 5.15 Å². The van der Waals surface area contributed by atoms with Gasteiger partial charge in [0.2, 0.25) is 0 Å². The number of hydrogen-bond donors (Lipinski definition) is 1. The molecule has 12 heavy (non-hydrogen) atoms. The van der Waals surface area contributed by atoms with Gasteiger partial charge in [-0.3, -0.25) is 4.98 Å². The van der Waals surface area contributed by atoms with Crippen LogP contribution in [0.3, 0.4) is 0 Å². The summed E-state index contributed by atoms with van der Waals surface area (Å²) in [4.78, 5) is 6.97. The van der Waals surface area contributed by atoms with Crippen LogP contribution in [0.5, 0.6) is 0 Å². The molecular formula is C6H5ClF2N2O. The molecule has 1 unspecified atom stereocenters. The molecule has 0 aromatic carbocycles. The normalized spacial score (nSPS) is 13.4. The van der Waals surface area contributed by atoms with Gasteiger partial charge in [0.1, 0.15) is 5.15 Å². The summed E-state index contributed by atoms with van der Waals surface area (Å²) in [7, 11) is 0. The lowest BCUT2D eigenvalue weighted by molar-refractivity contribution is -0.00840. The highest BCUT2D eigenvalue weighted by molar-refractivity contribution is 6.29. The van der Waals surface area contributed by atoms with Gasteiger partial charge in [0, 0.05) is 0 Å². The van der Waals surface area contributed by atoms with Crippen molar-refractivity contribution >= 4 is 11.6 Å². The molecule has 0 amide bonds. The third-order valence-corrected chi connectivity index (χ3v) is 1.35. The fourth-order valence-electron chi connectivity index (χ4n) is 0.628. The van der Waals surface area contributed by atoms with Crippen molar-refractivity contribution in [3.63, 3.8) is 0 Å². The van der Waals surface area contributed by atoms with Crippen LogP contribution >= 0.6 is 11.6 Å². The van der Waals surface area contributed by atoms with Gasteiger partial charge in [0.05, 0.1) is 18.1 Å². The second kappa shape index (κ2) is 3.73. The maximum atomic E-state index is 11.9. The van der Waals surface area contributed by atoms with Crippen molar-refractivity contribution in [1.29, 1.82) is 0 Å². The molecule has 66 valence electrons. The number of hydrogen-bond acceptors (Lipinski definition) is 3. The number of aromatic nitrogens is 2. The van der Waals surface area contributed by atoms with E-state index in [2.05, 4.69) is 9.97 Å². The van der Waals surface area contributed by atoms with Crippen LogP contribution in [0.15, 0.2) is 12.4 Å². The fourth-order valence-corrected chi connectivity index (χ4v) is 0.782. The largest absolute Gasteiger partial charge is 0.381 e. The minimum absolute atomic E-state index is 0.0211. The van der Waals surface area contributed by atoms with E-state index in [1.54, 1.807) is 0 Å². The van der Waals surface area contributed by atoms with Crippen molar-refractivity contribution < 1.29 is 13.9 Å². The molecule has 0 aliphatic heterocycles. The van der Waals surface area contributed by atoms with Gasteiger partial charge in [-0.25, -0.2) is 13.8 Å². The summed E-state index contributed by atoms with van der Waals surface area (Å²) in [5, 5.41) is 8.79. The molecule has 6 heteroatoms. The summed E-state index contributed by atoms with van der Waals surface area (Å²) in [5.41, 5.74) is -0.225. The molecule has 1 N–H and O–H groups in total. The standard InChI is InChI=1S/C6H5ClF2N2O/c7-4-2-10-1-3(11-4)5(12)6(8)9/h1-2,5-6,12H. The molecule has 0 bridgehead atoms. The zero-order valence-corrected chi connectivity index (χ0v) is 6.54. The Morgan fingerprint density at radius 3 is 2.58 bits per heavy atom. The lowest BCUT2D eigenvalue weighted by Crippen LogP contribution is -2.10. The molecule has 0 aliphatic carbocycles. The first-order chi connectivity index (χ1) is 5.61. The van der Waals surface area contributed by atoms with E-state index in [1.807, 2.05) is 0 Å². The Labute approximate surface area is 72.0 Å². The highest BCUT2D eigenvalue weighted by atomic mass is 35.5. The second-order valence-electron chi connectivity index (χ2n) is 2.05. The maximum absolute atomic E-state index is 11.9. The summed E-state index contributed by atoms with van der Waals surface area (Å²) in [6.07, 6.45) is -2.56. The van der Waals surface area contributed by atoms with Gasteiger partial charge < -0.3 is 5.11 Å². The molecular weight excluding hydrogens is 190 g/mol. The van der Waals surface area contributed by atoms with Crippen LogP contribution in [-0.2, 0) is 0 Å². The average molecular weight is 195 g/mol. The van der Waals surface area contributed by atoms with E-state index < -0.39 is 12.5 Å². The smallest absolute Gasteiger partial charge is 0.269 e. The van der Waals surface area contributed by atoms with Crippen LogP contribution in [0.25, 0.3) is 0 Å². The van der Waals surface area contributed by atoms with Crippen molar-refractivity contribution in [2.75, 3.05) is 0 Å². The summed E-state index contributed by atoms with van der Waals surface area (Å²) in [6, 6.07) is 0. The lowest BCUT2D eigenvalue weighted by Gasteiger charge is -2.07. The quantitative estimate of drug-likeness (QED) is 0.775. The minimum Gasteiger partial charge on any atom is -0.381 e. The minimum atomic E-state index is -2.88. The first kappa shape index (κ1) is 9.28. The van der Waals surface area contributed by atoms with Gasteiger partial charge in [-0.15, -0.1) is 0 Å². The predicted octanol–water partition coefficient (Wildman–Crippen LogP) is 1.43. The maximum Gasteiger partial charge on any atom is 0.269 e. The first-order valence-electron chi connectivity index (χ1n) is 3.05. The van der Waals surface area contributed by atoms with Gasteiger partial charge in [-0.1, -0.05) is 11.6 Å². The highest BCUT2D eigenvalue weighted by Crippen LogP contribution is 2.18. The molecule has 1 aromatic rings. The summed E-state index contributed by atoms with van der Waals surface area (Å²) in [6.45, 7) is 0. The Bertz CT molecular complexity index is 271. The third kappa shape index (κ3) is 2.09. The molecule has 0 saturated heterocycles. The van der Waals surface area contributed by atoms with Gasteiger partial charge in [-0.2, -0.15) is 0 Å². The van der Waals surface area contributed by atoms with Crippen molar-refractivity contribution in [2.24, 2.45) is 0 Å². The van der Waals surface area contributed by atoms with E-state index in [4.69, 9.17) is 16.7 Å². The van der Waals surface area contributed by atoms with Crippen molar-refractivity contribution in [3.05, 3.63) is 23.2 Å². The Morgan fingerprint density at radius 2 is 2.08 bits per heavy atom. The van der Waals surface area contributed by atoms with Crippen molar-refractivity contribution in [1.82, 2.24) is 9.97 Å². The van der Waals surface area contributed by atoms with E-state index in [9.17, 15) is 8.78 Å². The van der Waals surface area contributed by atoms with E-state index >= 15 is 0 Å². The Kier molecular flexibility index (Phi) is 2.88. The van der Waals surface area contributed by atoms with Gasteiger partial charge in [0.25, 0.3) is 6.43 Å². The van der Waals surface area contributed by atoms with E-state index in [0.717, 1.165) is 6.20 Å². The van der Waals surface area contributed by atoms with Crippen LogP contribution in [-0.4, -0.2) is 21.5 Å². The molecule has 1 atom stereocenters. The zero-order valence-electron chi connectivity index (χ0n) is 5.78. The number of halogens is 3. The number of nitrogens with zero attached hydrogens (tertiary/aromatic N) is 2. The molecule has 1 aromatic heterocycles. The van der Waals surface area contributed by atoms with Crippen LogP contribution < -0.4 is 0 Å². The SMILES string of the molecule is OC(c1cncc(Cl)n1)C(F)F. The van der Waals surface area contributed by atoms with Crippen LogP contribution in [0.1, 0.15) is 11.8 Å². The number of rotatable bonds is 2. The van der Waals surface area contributed by atoms with Gasteiger partial charge >= 0.3 is 0 Å². The molecule has 0 spiro atoms. The summed E-state index contributed by atoms with van der Waals surface area (Å²) < 4.78 is 23.8. The molecule has 0 saturated carbocycles. The van der Waals surface area contributed by atoms with Crippen molar-refractivity contribution in [2.45, 2.75) is 12.5 Å². The van der Waals surface area contributed by atoms with Crippen LogP contribution in [0, 0.1) is 0 Å². The van der Waals surface area contributed by atoms with E-state index in [1.165, 1.54) is 6.20 Å². The lowest BCUT2D eigenvalue weighted by atomic mass is 10.3. The Morgan fingerprint density at radius 1 is 1.42 bits per heavy atom. The molecule has 0 radical (unpaired) electrons. The molecule has 1 rings (SSSR count). The average Bonchev–Trinajstić information content (AvgIpc) is 2.03. The third-order valence-electron chi connectivity index (χ3n) is 1.17. The molecule has 1 heterocycles. The summed E-state index contributed by atoms with van der Waals surface area (Å²) >= 11 is 5.36. The van der Waals surface area contributed by atoms with Crippen molar-refractivity contribution in [3.8, 4) is 0 Å². The topological polar surface area (TPSA) is 46.0 Å². The Hall–Kier alpha value is -0.810. The molecule has 0 aliphatic rings. The summed E-state index contributed by atoms with van der Waals surface area (Å²) in [5.74, 6) is 0. The number of aliphatic hydroxyl groups is 1. The molecule has 3 nitrogen and oxygen atoms in total. The molecule has 0 fully saturated rings. The Balaban J connectivity index is 2.88. The first-order valence-corrected chi connectivity index (χ1v) is 3.42. The highest BCUT2D eigenvalue weighted by Gasteiger charge is 2.20. The second-order valence-corrected chi connectivity index (χ2v) is 2.43. The monoisotopic (exact) mass is 194 g/mol. The van der Waals surface area contributed by atoms with E-state index in [-0.39, 0.29) is 10.8 Å². The fraction of sp³-hybridized carbons (Fsp3) is 0.333. The van der Waals surface area contributed by atoms with Gasteiger partial charge in [0.15, 0.2) is 6.10 Å².